The zero-order valence-electron chi connectivity index (χ0n) is 13.3. The summed E-state index contributed by atoms with van der Waals surface area (Å²) in [5.74, 6) is 1.12. The standard InChI is InChI=1S/C18H16N2O5/c21-18(8-6-14-3-1-2-4-15(14)20(22)23)19-10-9-13-5-7-16-17(11-13)25-12-24-16/h1-8,11H,9-10,12H2,(H,19,21)/b8-6+. The van der Waals surface area contributed by atoms with Crippen molar-refractivity contribution in [3.63, 3.8) is 0 Å². The van der Waals surface area contributed by atoms with Crippen molar-refractivity contribution in [1.82, 2.24) is 5.32 Å². The predicted molar refractivity (Wildman–Crippen MR) is 91.4 cm³/mol. The van der Waals surface area contributed by atoms with Crippen LogP contribution < -0.4 is 14.8 Å². The van der Waals surface area contributed by atoms with Crippen molar-refractivity contribution in [3.05, 3.63) is 69.8 Å². The maximum absolute atomic E-state index is 11.9. The van der Waals surface area contributed by atoms with Crippen LogP contribution in [0, 0.1) is 10.1 Å². The van der Waals surface area contributed by atoms with Crippen molar-refractivity contribution in [1.29, 1.82) is 0 Å². The van der Waals surface area contributed by atoms with Gasteiger partial charge in [-0.05, 0) is 36.3 Å². The lowest BCUT2D eigenvalue weighted by atomic mass is 10.1. The molecule has 2 aromatic carbocycles. The van der Waals surface area contributed by atoms with Gasteiger partial charge in [0.25, 0.3) is 5.69 Å². The number of rotatable bonds is 6. The van der Waals surface area contributed by atoms with Gasteiger partial charge in [-0.3, -0.25) is 14.9 Å². The van der Waals surface area contributed by atoms with E-state index in [0.717, 1.165) is 11.3 Å². The third kappa shape index (κ3) is 4.14. The maximum Gasteiger partial charge on any atom is 0.276 e. The number of nitrogens with one attached hydrogen (secondary N) is 1. The summed E-state index contributed by atoms with van der Waals surface area (Å²) < 4.78 is 10.6. The molecule has 0 fully saturated rings. The van der Waals surface area contributed by atoms with Crippen LogP contribution in [0.2, 0.25) is 0 Å². The molecule has 0 saturated heterocycles. The van der Waals surface area contributed by atoms with E-state index in [1.807, 2.05) is 18.2 Å². The average Bonchev–Trinajstić information content (AvgIpc) is 3.08. The van der Waals surface area contributed by atoms with E-state index in [2.05, 4.69) is 5.32 Å². The summed E-state index contributed by atoms with van der Waals surface area (Å²) >= 11 is 0. The van der Waals surface area contributed by atoms with E-state index >= 15 is 0 Å². The molecular weight excluding hydrogens is 324 g/mol. The van der Waals surface area contributed by atoms with Crippen molar-refractivity contribution < 1.29 is 19.2 Å². The fourth-order valence-corrected chi connectivity index (χ4v) is 2.45. The summed E-state index contributed by atoms with van der Waals surface area (Å²) in [6.07, 6.45) is 3.37. The van der Waals surface area contributed by atoms with Gasteiger partial charge < -0.3 is 14.8 Å². The number of ether oxygens (including phenoxy) is 2. The zero-order chi connectivity index (χ0) is 17.6. The first-order valence-corrected chi connectivity index (χ1v) is 7.71. The van der Waals surface area contributed by atoms with Gasteiger partial charge in [0.05, 0.1) is 10.5 Å². The highest BCUT2D eigenvalue weighted by Crippen LogP contribution is 2.32. The van der Waals surface area contributed by atoms with Gasteiger partial charge in [-0.2, -0.15) is 0 Å². The monoisotopic (exact) mass is 340 g/mol. The third-order valence-corrected chi connectivity index (χ3v) is 3.70. The van der Waals surface area contributed by atoms with Gasteiger partial charge in [-0.25, -0.2) is 0 Å². The lowest BCUT2D eigenvalue weighted by molar-refractivity contribution is -0.385. The van der Waals surface area contributed by atoms with Gasteiger partial charge in [-0.1, -0.05) is 18.2 Å². The number of carbonyl (C=O) groups excluding carboxylic acids is 1. The van der Waals surface area contributed by atoms with E-state index in [0.29, 0.717) is 24.3 Å². The number of fused-ring (bicyclic) bond motifs is 1. The molecule has 25 heavy (non-hydrogen) atoms. The summed E-state index contributed by atoms with van der Waals surface area (Å²) in [4.78, 5) is 22.3. The average molecular weight is 340 g/mol. The molecule has 0 aromatic heterocycles. The second kappa shape index (κ2) is 7.48. The highest BCUT2D eigenvalue weighted by molar-refractivity contribution is 5.92. The molecule has 0 spiro atoms. The molecule has 0 atom stereocenters. The normalized spacial score (nSPS) is 12.3. The van der Waals surface area contributed by atoms with E-state index < -0.39 is 4.92 Å². The number of para-hydroxylation sites is 1. The zero-order valence-corrected chi connectivity index (χ0v) is 13.3. The van der Waals surface area contributed by atoms with Crippen molar-refractivity contribution >= 4 is 17.7 Å². The van der Waals surface area contributed by atoms with Gasteiger partial charge in [0.2, 0.25) is 12.7 Å². The molecule has 0 unspecified atom stereocenters. The van der Waals surface area contributed by atoms with Crippen LogP contribution in [-0.4, -0.2) is 24.2 Å². The molecule has 1 amide bonds. The van der Waals surface area contributed by atoms with Crippen LogP contribution in [0.4, 0.5) is 5.69 Å². The minimum absolute atomic E-state index is 0.0353. The highest BCUT2D eigenvalue weighted by Gasteiger charge is 2.13. The molecule has 0 bridgehead atoms. The fraction of sp³-hybridized carbons (Fsp3) is 0.167. The Balaban J connectivity index is 1.52. The second-order valence-corrected chi connectivity index (χ2v) is 5.38. The molecular formula is C18H16N2O5. The first kappa shape index (κ1) is 16.5. The Bertz CT molecular complexity index is 832. The van der Waals surface area contributed by atoms with Gasteiger partial charge >= 0.3 is 0 Å². The van der Waals surface area contributed by atoms with E-state index in [1.54, 1.807) is 18.2 Å². The largest absolute Gasteiger partial charge is 0.454 e. The van der Waals surface area contributed by atoms with Crippen LogP contribution in [0.15, 0.2) is 48.5 Å². The summed E-state index contributed by atoms with van der Waals surface area (Å²) in [5, 5.41) is 13.7. The smallest absolute Gasteiger partial charge is 0.276 e. The fourth-order valence-electron chi connectivity index (χ4n) is 2.45. The Kier molecular flexibility index (Phi) is 4.94. The number of benzene rings is 2. The van der Waals surface area contributed by atoms with Crippen molar-refractivity contribution in [3.8, 4) is 11.5 Å². The highest BCUT2D eigenvalue weighted by atomic mass is 16.7. The molecule has 1 aliphatic heterocycles. The number of nitrogens with zero attached hydrogens (tertiary/aromatic N) is 1. The first-order valence-electron chi connectivity index (χ1n) is 7.71. The lowest BCUT2D eigenvalue weighted by Gasteiger charge is -2.04. The van der Waals surface area contributed by atoms with E-state index in [4.69, 9.17) is 9.47 Å². The number of amides is 1. The molecule has 0 radical (unpaired) electrons. The van der Waals surface area contributed by atoms with Crippen LogP contribution in [-0.2, 0) is 11.2 Å². The van der Waals surface area contributed by atoms with Crippen molar-refractivity contribution in [2.24, 2.45) is 0 Å². The molecule has 128 valence electrons. The van der Waals surface area contributed by atoms with Crippen LogP contribution in [0.25, 0.3) is 6.08 Å². The predicted octanol–water partition coefficient (Wildman–Crippen LogP) is 2.70. The Labute approximate surface area is 144 Å². The number of nitro benzene ring substituents is 1. The summed E-state index contributed by atoms with van der Waals surface area (Å²) in [6.45, 7) is 0.672. The van der Waals surface area contributed by atoms with Crippen LogP contribution in [0.5, 0.6) is 11.5 Å². The van der Waals surface area contributed by atoms with Crippen LogP contribution >= 0.6 is 0 Å². The van der Waals surface area contributed by atoms with E-state index in [9.17, 15) is 14.9 Å². The minimum atomic E-state index is -0.475. The van der Waals surface area contributed by atoms with Gasteiger partial charge in [0.1, 0.15) is 0 Å². The van der Waals surface area contributed by atoms with Crippen LogP contribution in [0.1, 0.15) is 11.1 Å². The van der Waals surface area contributed by atoms with Gasteiger partial charge in [0, 0.05) is 18.7 Å². The van der Waals surface area contributed by atoms with E-state index in [-0.39, 0.29) is 18.4 Å². The van der Waals surface area contributed by atoms with Crippen LogP contribution in [0.3, 0.4) is 0 Å². The molecule has 7 heteroatoms. The molecule has 7 nitrogen and oxygen atoms in total. The Hall–Kier alpha value is -3.35. The Morgan fingerprint density at radius 1 is 1.20 bits per heavy atom. The first-order chi connectivity index (χ1) is 12.1. The molecule has 2 aromatic rings. The SMILES string of the molecule is O=C(/C=C/c1ccccc1[N+](=O)[O-])NCCc1ccc2c(c1)OCO2. The van der Waals surface area contributed by atoms with Gasteiger partial charge in [-0.15, -0.1) is 0 Å². The quantitative estimate of drug-likeness (QED) is 0.496. The molecule has 3 rings (SSSR count). The Morgan fingerprint density at radius 2 is 2.00 bits per heavy atom. The van der Waals surface area contributed by atoms with Crippen molar-refractivity contribution in [2.45, 2.75) is 6.42 Å². The van der Waals surface area contributed by atoms with Crippen molar-refractivity contribution in [2.75, 3.05) is 13.3 Å². The number of hydrogen-bond acceptors (Lipinski definition) is 5. The molecule has 1 aliphatic rings. The van der Waals surface area contributed by atoms with Gasteiger partial charge in [0.15, 0.2) is 11.5 Å². The molecule has 0 aliphatic carbocycles. The summed E-state index contributed by atoms with van der Waals surface area (Å²) in [5.41, 5.74) is 1.37. The lowest BCUT2D eigenvalue weighted by Crippen LogP contribution is -2.23. The molecule has 1 heterocycles. The Morgan fingerprint density at radius 3 is 2.84 bits per heavy atom. The molecule has 0 saturated carbocycles. The third-order valence-electron chi connectivity index (χ3n) is 3.70. The summed E-state index contributed by atoms with van der Waals surface area (Å²) in [6, 6.07) is 11.9. The van der Waals surface area contributed by atoms with E-state index in [1.165, 1.54) is 18.2 Å². The summed E-state index contributed by atoms with van der Waals surface area (Å²) in [7, 11) is 0. The number of nitro groups is 1. The second-order valence-electron chi connectivity index (χ2n) is 5.38. The molecule has 1 N–H and O–H groups in total. The number of carbonyl (C=O) groups is 1. The minimum Gasteiger partial charge on any atom is -0.454 e. The topological polar surface area (TPSA) is 90.7 Å². The maximum atomic E-state index is 11.9. The number of hydrogen-bond donors (Lipinski definition) is 1.